The highest BCUT2D eigenvalue weighted by Crippen LogP contribution is 2.32. The van der Waals surface area contributed by atoms with Gasteiger partial charge in [0.1, 0.15) is 17.9 Å². The van der Waals surface area contributed by atoms with E-state index in [1.54, 1.807) is 18.2 Å². The summed E-state index contributed by atoms with van der Waals surface area (Å²) >= 11 is 1.33. The van der Waals surface area contributed by atoms with Crippen LogP contribution in [0.15, 0.2) is 78.9 Å². The molecule has 1 heterocycles. The molecule has 1 aromatic heterocycles. The first-order chi connectivity index (χ1) is 15.1. The Hall–Kier alpha value is -3.91. The van der Waals surface area contributed by atoms with Crippen molar-refractivity contribution >= 4 is 39.2 Å². The van der Waals surface area contributed by atoms with Crippen molar-refractivity contribution in [1.29, 1.82) is 5.41 Å². The van der Waals surface area contributed by atoms with Gasteiger partial charge in [-0.15, -0.1) is 11.3 Å². The summed E-state index contributed by atoms with van der Waals surface area (Å²) in [6, 6.07) is 24.1. The summed E-state index contributed by atoms with van der Waals surface area (Å²) in [6.07, 6.45) is -1.11. The van der Waals surface area contributed by atoms with E-state index in [4.69, 9.17) is 20.6 Å². The number of nitrogen functional groups attached to an aromatic ring is 1. The quantitative estimate of drug-likeness (QED) is 0.283. The Morgan fingerprint density at radius 2 is 1.74 bits per heavy atom. The molecule has 156 valence electrons. The maximum atomic E-state index is 12.3. The number of carbonyl (C=O) groups excluding carboxylic acids is 1. The number of aromatic nitrogens is 1. The van der Waals surface area contributed by atoms with E-state index < -0.39 is 12.2 Å². The summed E-state index contributed by atoms with van der Waals surface area (Å²) < 4.78 is 12.5. The Morgan fingerprint density at radius 3 is 2.45 bits per heavy atom. The lowest BCUT2D eigenvalue weighted by Crippen LogP contribution is -2.21. The summed E-state index contributed by atoms with van der Waals surface area (Å²) in [4.78, 5) is 16.7. The van der Waals surface area contributed by atoms with Crippen molar-refractivity contribution in [2.24, 2.45) is 5.73 Å². The van der Waals surface area contributed by atoms with Crippen LogP contribution >= 0.6 is 11.3 Å². The predicted molar refractivity (Wildman–Crippen MR) is 122 cm³/mol. The van der Waals surface area contributed by atoms with Crippen LogP contribution in [0, 0.1) is 5.41 Å². The SMILES string of the molecule is N=C(N)c1nc2c(OC(COC(=O)Nc3ccccc3)c3ccccc3)cccc2s1. The number of carbonyl (C=O) groups is 1. The van der Waals surface area contributed by atoms with Crippen LogP contribution in [0.1, 0.15) is 16.7 Å². The second kappa shape index (κ2) is 9.27. The lowest BCUT2D eigenvalue weighted by molar-refractivity contribution is 0.0909. The number of fused-ring (bicyclic) bond motifs is 1. The molecule has 0 saturated carbocycles. The Kier molecular flexibility index (Phi) is 6.09. The van der Waals surface area contributed by atoms with Crippen LogP contribution in [0.4, 0.5) is 10.5 Å². The smallest absolute Gasteiger partial charge is 0.411 e. The van der Waals surface area contributed by atoms with Crippen molar-refractivity contribution in [2.45, 2.75) is 6.10 Å². The normalized spacial score (nSPS) is 11.6. The molecule has 3 aromatic carbocycles. The fraction of sp³-hybridized carbons (Fsp3) is 0.0870. The zero-order valence-corrected chi connectivity index (χ0v) is 17.3. The highest BCUT2D eigenvalue weighted by atomic mass is 32.1. The van der Waals surface area contributed by atoms with E-state index in [0.717, 1.165) is 10.3 Å². The Balaban J connectivity index is 1.54. The molecule has 1 atom stereocenters. The molecule has 31 heavy (non-hydrogen) atoms. The zero-order chi connectivity index (χ0) is 21.6. The number of para-hydroxylation sites is 2. The summed E-state index contributed by atoms with van der Waals surface area (Å²) in [5, 5.41) is 10.8. The number of thiazole rings is 1. The van der Waals surface area contributed by atoms with Crippen LogP contribution in [-0.4, -0.2) is 23.5 Å². The topological polar surface area (TPSA) is 110 Å². The summed E-state index contributed by atoms with van der Waals surface area (Å²) in [5.41, 5.74) is 7.71. The van der Waals surface area contributed by atoms with Crippen molar-refractivity contribution in [2.75, 3.05) is 11.9 Å². The van der Waals surface area contributed by atoms with E-state index >= 15 is 0 Å². The van der Waals surface area contributed by atoms with Gasteiger partial charge in [-0.05, 0) is 29.8 Å². The molecule has 7 nitrogen and oxygen atoms in total. The van der Waals surface area contributed by atoms with Crippen molar-refractivity contribution in [3.63, 3.8) is 0 Å². The second-order valence-electron chi connectivity index (χ2n) is 6.64. The first kappa shape index (κ1) is 20.4. The first-order valence-corrected chi connectivity index (χ1v) is 10.4. The number of anilines is 1. The van der Waals surface area contributed by atoms with E-state index in [2.05, 4.69) is 10.3 Å². The van der Waals surface area contributed by atoms with Crippen molar-refractivity contribution < 1.29 is 14.3 Å². The minimum atomic E-state index is -0.568. The standard InChI is InChI=1S/C23H20N4O3S/c24-21(25)22-27-20-17(12-7-13-19(20)31-22)30-18(15-8-3-1-4-9-15)14-29-23(28)26-16-10-5-2-6-11-16/h1-13,18H,14H2,(H3,24,25)(H,26,28). The maximum absolute atomic E-state index is 12.3. The molecule has 0 aliphatic rings. The van der Waals surface area contributed by atoms with Crippen LogP contribution in [-0.2, 0) is 4.74 Å². The molecule has 0 spiro atoms. The minimum absolute atomic E-state index is 0.00275. The molecule has 8 heteroatoms. The Labute approximate surface area is 183 Å². The second-order valence-corrected chi connectivity index (χ2v) is 7.67. The number of rotatable bonds is 7. The van der Waals surface area contributed by atoms with Gasteiger partial charge in [0.15, 0.2) is 16.9 Å². The van der Waals surface area contributed by atoms with E-state index in [9.17, 15) is 4.79 Å². The zero-order valence-electron chi connectivity index (χ0n) is 16.4. The lowest BCUT2D eigenvalue weighted by Gasteiger charge is -2.20. The number of ether oxygens (including phenoxy) is 2. The van der Waals surface area contributed by atoms with Gasteiger partial charge in [0.2, 0.25) is 0 Å². The molecule has 0 aliphatic heterocycles. The molecule has 0 aliphatic carbocycles. The minimum Gasteiger partial charge on any atom is -0.480 e. The molecule has 0 saturated heterocycles. The average Bonchev–Trinajstić information content (AvgIpc) is 3.24. The van der Waals surface area contributed by atoms with Crippen molar-refractivity contribution in [3.05, 3.63) is 89.4 Å². The lowest BCUT2D eigenvalue weighted by atomic mass is 10.1. The van der Waals surface area contributed by atoms with Gasteiger partial charge < -0.3 is 15.2 Å². The van der Waals surface area contributed by atoms with Crippen molar-refractivity contribution in [3.8, 4) is 5.75 Å². The van der Waals surface area contributed by atoms with E-state index in [1.165, 1.54) is 11.3 Å². The summed E-state index contributed by atoms with van der Waals surface area (Å²) in [7, 11) is 0. The molecule has 1 unspecified atom stereocenters. The fourth-order valence-corrected chi connectivity index (χ4v) is 3.82. The molecular formula is C23H20N4O3S. The number of hydrogen-bond acceptors (Lipinski definition) is 6. The fourth-order valence-electron chi connectivity index (χ4n) is 2.98. The van der Waals surface area contributed by atoms with Gasteiger partial charge in [0, 0.05) is 5.69 Å². The number of nitrogens with two attached hydrogens (primary N) is 1. The Bertz CT molecular complexity index is 1200. The third kappa shape index (κ3) is 4.99. The van der Waals surface area contributed by atoms with Crippen LogP contribution in [0.2, 0.25) is 0 Å². The molecule has 4 N–H and O–H groups in total. The average molecular weight is 433 g/mol. The van der Waals surface area contributed by atoms with Crippen LogP contribution in [0.3, 0.4) is 0 Å². The number of amidine groups is 1. The van der Waals surface area contributed by atoms with Gasteiger partial charge >= 0.3 is 6.09 Å². The van der Waals surface area contributed by atoms with Crippen LogP contribution < -0.4 is 15.8 Å². The molecule has 0 fully saturated rings. The first-order valence-electron chi connectivity index (χ1n) is 9.54. The van der Waals surface area contributed by atoms with Gasteiger partial charge in [-0.25, -0.2) is 9.78 Å². The monoisotopic (exact) mass is 432 g/mol. The highest BCUT2D eigenvalue weighted by molar-refractivity contribution is 7.20. The number of benzene rings is 3. The van der Waals surface area contributed by atoms with E-state index in [0.29, 0.717) is 22.0 Å². The third-order valence-electron chi connectivity index (χ3n) is 4.44. The number of nitrogens with zero attached hydrogens (tertiary/aromatic N) is 1. The number of nitrogens with one attached hydrogen (secondary N) is 2. The number of hydrogen-bond donors (Lipinski definition) is 3. The van der Waals surface area contributed by atoms with Gasteiger partial charge in [0.25, 0.3) is 0 Å². The number of amides is 1. The van der Waals surface area contributed by atoms with Gasteiger partial charge in [0.05, 0.1) is 4.70 Å². The van der Waals surface area contributed by atoms with E-state index in [-0.39, 0.29) is 12.4 Å². The molecular weight excluding hydrogens is 412 g/mol. The van der Waals surface area contributed by atoms with Gasteiger partial charge in [-0.3, -0.25) is 10.7 Å². The molecule has 4 rings (SSSR count). The van der Waals surface area contributed by atoms with Gasteiger partial charge in [-0.2, -0.15) is 0 Å². The van der Waals surface area contributed by atoms with E-state index in [1.807, 2.05) is 60.7 Å². The maximum Gasteiger partial charge on any atom is 0.411 e. The Morgan fingerprint density at radius 1 is 1.03 bits per heavy atom. The molecule has 0 bridgehead atoms. The van der Waals surface area contributed by atoms with Crippen molar-refractivity contribution in [1.82, 2.24) is 4.98 Å². The van der Waals surface area contributed by atoms with Crippen LogP contribution in [0.25, 0.3) is 10.2 Å². The summed E-state index contributed by atoms with van der Waals surface area (Å²) in [5.74, 6) is 0.440. The largest absolute Gasteiger partial charge is 0.480 e. The summed E-state index contributed by atoms with van der Waals surface area (Å²) in [6.45, 7) is 0.00275. The highest BCUT2D eigenvalue weighted by Gasteiger charge is 2.19. The predicted octanol–water partition coefficient (Wildman–Crippen LogP) is 4.95. The molecule has 0 radical (unpaired) electrons. The van der Waals surface area contributed by atoms with Crippen LogP contribution in [0.5, 0.6) is 5.75 Å². The molecule has 1 amide bonds. The molecule has 4 aromatic rings. The van der Waals surface area contributed by atoms with Gasteiger partial charge in [-0.1, -0.05) is 54.6 Å². The third-order valence-corrected chi connectivity index (χ3v) is 5.49.